The van der Waals surface area contributed by atoms with Crippen LogP contribution < -0.4 is 5.73 Å². The molecule has 0 fully saturated rings. The van der Waals surface area contributed by atoms with Crippen LogP contribution in [0.3, 0.4) is 0 Å². The molecule has 5 nitrogen and oxygen atoms in total. The van der Waals surface area contributed by atoms with Gasteiger partial charge in [0.2, 0.25) is 0 Å². The fourth-order valence-electron chi connectivity index (χ4n) is 2.08. The normalized spacial score (nSPS) is 10.4. The lowest BCUT2D eigenvalue weighted by molar-refractivity contribution is 0.681. The molecule has 0 aliphatic carbocycles. The maximum absolute atomic E-state index is 6.10. The SMILES string of the molecule is CN(C)Cl.Cc1nc(C)c(-c2cnc(-c3ccccc3)nc2N)s1. The van der Waals surface area contributed by atoms with Gasteiger partial charge in [-0.1, -0.05) is 30.3 Å². The third-order valence-corrected chi connectivity index (χ3v) is 4.10. The van der Waals surface area contributed by atoms with Gasteiger partial charge in [-0.05, 0) is 25.6 Å². The van der Waals surface area contributed by atoms with Gasteiger partial charge in [0, 0.05) is 25.9 Å². The molecule has 7 heteroatoms. The van der Waals surface area contributed by atoms with Crippen molar-refractivity contribution in [2.24, 2.45) is 0 Å². The zero-order chi connectivity index (χ0) is 17.7. The molecule has 2 heterocycles. The first-order valence-corrected chi connectivity index (χ1v) is 8.49. The number of benzene rings is 1. The van der Waals surface area contributed by atoms with E-state index in [1.807, 2.05) is 44.2 Å². The number of aryl methyl sites for hydroxylation is 2. The van der Waals surface area contributed by atoms with Crippen molar-refractivity contribution in [3.05, 3.63) is 47.2 Å². The number of halogens is 1. The van der Waals surface area contributed by atoms with Crippen molar-refractivity contribution in [2.45, 2.75) is 13.8 Å². The first-order valence-electron chi connectivity index (χ1n) is 7.34. The van der Waals surface area contributed by atoms with Crippen LogP contribution in [0.5, 0.6) is 0 Å². The van der Waals surface area contributed by atoms with Crippen molar-refractivity contribution in [2.75, 3.05) is 19.8 Å². The highest BCUT2D eigenvalue weighted by Gasteiger charge is 2.13. The summed E-state index contributed by atoms with van der Waals surface area (Å²) in [6, 6.07) is 9.82. The summed E-state index contributed by atoms with van der Waals surface area (Å²) in [5.41, 5.74) is 8.88. The van der Waals surface area contributed by atoms with Crippen molar-refractivity contribution in [3.63, 3.8) is 0 Å². The Morgan fingerprint density at radius 3 is 2.21 bits per heavy atom. The number of hydrogen-bond acceptors (Lipinski definition) is 6. The predicted octanol–water partition coefficient (Wildman–Crippen LogP) is 4.17. The molecule has 0 atom stereocenters. The minimum Gasteiger partial charge on any atom is -0.383 e. The summed E-state index contributed by atoms with van der Waals surface area (Å²) in [7, 11) is 3.53. The molecule has 3 aromatic rings. The lowest BCUT2D eigenvalue weighted by Gasteiger charge is -2.05. The molecule has 126 valence electrons. The van der Waals surface area contributed by atoms with E-state index in [0.717, 1.165) is 26.7 Å². The highest BCUT2D eigenvalue weighted by molar-refractivity contribution is 7.15. The van der Waals surface area contributed by atoms with E-state index in [1.165, 1.54) is 4.42 Å². The Bertz CT molecular complexity index is 799. The number of nitrogens with zero attached hydrogens (tertiary/aromatic N) is 4. The molecule has 1 aromatic carbocycles. The average molecular weight is 362 g/mol. The van der Waals surface area contributed by atoms with Gasteiger partial charge in [0.25, 0.3) is 0 Å². The number of nitrogens with two attached hydrogens (primary N) is 1. The molecular formula is C17H20ClN5S. The second kappa shape index (κ2) is 8.19. The third-order valence-electron chi connectivity index (χ3n) is 3.00. The van der Waals surface area contributed by atoms with Gasteiger partial charge in [-0.25, -0.2) is 19.4 Å². The Balaban J connectivity index is 0.000000471. The van der Waals surface area contributed by atoms with Crippen LogP contribution in [0.4, 0.5) is 5.82 Å². The van der Waals surface area contributed by atoms with Crippen LogP contribution in [0.1, 0.15) is 10.7 Å². The van der Waals surface area contributed by atoms with E-state index >= 15 is 0 Å². The first kappa shape index (κ1) is 18.3. The second-order valence-electron chi connectivity index (χ2n) is 5.29. The monoisotopic (exact) mass is 361 g/mol. The molecule has 0 spiro atoms. The van der Waals surface area contributed by atoms with Gasteiger partial charge in [0.1, 0.15) is 5.82 Å². The van der Waals surface area contributed by atoms with Crippen molar-refractivity contribution >= 4 is 28.9 Å². The van der Waals surface area contributed by atoms with Crippen LogP contribution >= 0.6 is 23.1 Å². The van der Waals surface area contributed by atoms with E-state index in [1.54, 1.807) is 31.6 Å². The zero-order valence-electron chi connectivity index (χ0n) is 14.1. The standard InChI is InChI=1S/C15H14N4S.C2H6ClN/c1-9-13(20-10(2)18-9)12-8-17-15(19-14(12)16)11-6-4-3-5-7-11;1-4(2)3/h3-8H,1-2H3,(H2,16,17,19);1-2H3. The fraction of sp³-hybridized carbons (Fsp3) is 0.235. The maximum atomic E-state index is 6.10. The van der Waals surface area contributed by atoms with Crippen molar-refractivity contribution in [3.8, 4) is 21.8 Å². The Morgan fingerprint density at radius 2 is 1.71 bits per heavy atom. The van der Waals surface area contributed by atoms with E-state index in [4.69, 9.17) is 17.5 Å². The largest absolute Gasteiger partial charge is 0.383 e. The first-order chi connectivity index (χ1) is 11.4. The van der Waals surface area contributed by atoms with E-state index in [9.17, 15) is 0 Å². The molecule has 2 N–H and O–H groups in total. The Kier molecular flexibility index (Phi) is 6.25. The topological polar surface area (TPSA) is 67.9 Å². The lowest BCUT2D eigenvalue weighted by Crippen LogP contribution is -1.98. The number of thiazole rings is 1. The number of nitrogen functional groups attached to an aromatic ring is 1. The van der Waals surface area contributed by atoms with E-state index in [0.29, 0.717) is 11.6 Å². The van der Waals surface area contributed by atoms with Gasteiger partial charge in [-0.2, -0.15) is 0 Å². The average Bonchev–Trinajstić information content (AvgIpc) is 2.86. The lowest BCUT2D eigenvalue weighted by atomic mass is 10.2. The van der Waals surface area contributed by atoms with Gasteiger partial charge < -0.3 is 5.73 Å². The zero-order valence-corrected chi connectivity index (χ0v) is 15.7. The highest BCUT2D eigenvalue weighted by atomic mass is 35.5. The molecule has 0 bridgehead atoms. The van der Waals surface area contributed by atoms with Crippen molar-refractivity contribution in [1.82, 2.24) is 19.4 Å². The number of hydrogen-bond donors (Lipinski definition) is 1. The third kappa shape index (κ3) is 4.74. The van der Waals surface area contributed by atoms with Gasteiger partial charge in [0.05, 0.1) is 21.1 Å². The van der Waals surface area contributed by atoms with Gasteiger partial charge in [-0.15, -0.1) is 11.3 Å². The Hall–Kier alpha value is -2.02. The minimum absolute atomic E-state index is 0.491. The van der Waals surface area contributed by atoms with E-state index in [2.05, 4.69) is 15.0 Å². The quantitative estimate of drug-likeness (QED) is 0.694. The maximum Gasteiger partial charge on any atom is 0.161 e. The summed E-state index contributed by atoms with van der Waals surface area (Å²) in [4.78, 5) is 14.3. The van der Waals surface area contributed by atoms with Crippen LogP contribution in [0.2, 0.25) is 0 Å². The molecule has 0 radical (unpaired) electrons. The minimum atomic E-state index is 0.491. The second-order valence-corrected chi connectivity index (χ2v) is 7.17. The summed E-state index contributed by atoms with van der Waals surface area (Å²) in [5, 5.41) is 1.02. The molecule has 2 aromatic heterocycles. The predicted molar refractivity (Wildman–Crippen MR) is 102 cm³/mol. The number of aromatic nitrogens is 3. The molecule has 0 unspecified atom stereocenters. The van der Waals surface area contributed by atoms with Crippen LogP contribution in [0.25, 0.3) is 21.8 Å². The molecule has 0 aliphatic heterocycles. The molecule has 0 saturated heterocycles. The summed E-state index contributed by atoms with van der Waals surface area (Å²) in [6.45, 7) is 3.96. The van der Waals surface area contributed by atoms with Crippen LogP contribution in [-0.4, -0.2) is 33.5 Å². The van der Waals surface area contributed by atoms with Crippen molar-refractivity contribution in [1.29, 1.82) is 0 Å². The van der Waals surface area contributed by atoms with Crippen LogP contribution in [-0.2, 0) is 0 Å². The Morgan fingerprint density at radius 1 is 1.08 bits per heavy atom. The molecule has 24 heavy (non-hydrogen) atoms. The summed E-state index contributed by atoms with van der Waals surface area (Å²) in [6.07, 6.45) is 1.78. The molecular weight excluding hydrogens is 342 g/mol. The van der Waals surface area contributed by atoms with Crippen molar-refractivity contribution < 1.29 is 0 Å². The fourth-order valence-corrected chi connectivity index (χ4v) is 3.02. The molecule has 0 aliphatic rings. The smallest absolute Gasteiger partial charge is 0.161 e. The van der Waals surface area contributed by atoms with E-state index in [-0.39, 0.29) is 0 Å². The summed E-state index contributed by atoms with van der Waals surface area (Å²) in [5.74, 6) is 1.14. The molecule has 0 saturated carbocycles. The van der Waals surface area contributed by atoms with E-state index < -0.39 is 0 Å². The van der Waals surface area contributed by atoms with Crippen LogP contribution in [0, 0.1) is 13.8 Å². The van der Waals surface area contributed by atoms with Gasteiger partial charge in [-0.3, -0.25) is 0 Å². The van der Waals surface area contributed by atoms with Gasteiger partial charge >= 0.3 is 0 Å². The van der Waals surface area contributed by atoms with Gasteiger partial charge in [0.15, 0.2) is 5.82 Å². The van der Waals surface area contributed by atoms with Crippen LogP contribution in [0.15, 0.2) is 36.5 Å². The molecule has 3 rings (SSSR count). The number of rotatable bonds is 2. The molecule has 0 amide bonds. The summed E-state index contributed by atoms with van der Waals surface area (Å²) >= 11 is 6.72. The Labute approximate surface area is 151 Å². The highest BCUT2D eigenvalue weighted by Crippen LogP contribution is 2.33. The number of anilines is 1. The summed E-state index contributed by atoms with van der Waals surface area (Å²) < 4.78 is 1.47.